The van der Waals surface area contributed by atoms with Crippen molar-refractivity contribution < 1.29 is 8.78 Å². The molecule has 0 aromatic carbocycles. The quantitative estimate of drug-likeness (QED) is 0.704. The lowest BCUT2D eigenvalue weighted by atomic mass is 10.3. The molecule has 2 nitrogen and oxygen atoms in total. The van der Waals surface area contributed by atoms with Crippen LogP contribution in [0.4, 0.5) is 8.78 Å². The summed E-state index contributed by atoms with van der Waals surface area (Å²) in [4.78, 5) is 4.07. The van der Waals surface area contributed by atoms with E-state index in [4.69, 9.17) is 0 Å². The Bertz CT molecular complexity index is 226. The molecule has 72 valence electrons. The molecular weight excluding hydrogens is 174 g/mol. The Morgan fingerprint density at radius 2 is 2.23 bits per heavy atom. The van der Waals surface area contributed by atoms with Gasteiger partial charge in [-0.15, -0.1) is 0 Å². The highest BCUT2D eigenvalue weighted by Gasteiger charge is 2.00. The highest BCUT2D eigenvalue weighted by Crippen LogP contribution is 1.93. The van der Waals surface area contributed by atoms with E-state index in [2.05, 4.69) is 10.3 Å². The van der Waals surface area contributed by atoms with Crippen LogP contribution in [0.25, 0.3) is 0 Å². The second-order valence-electron chi connectivity index (χ2n) is 2.67. The Kier molecular flexibility index (Phi) is 4.32. The molecule has 13 heavy (non-hydrogen) atoms. The molecule has 0 radical (unpaired) electrons. The molecule has 0 saturated carbocycles. The van der Waals surface area contributed by atoms with E-state index in [1.807, 2.05) is 18.2 Å². The predicted molar refractivity (Wildman–Crippen MR) is 46.8 cm³/mol. The van der Waals surface area contributed by atoms with Crippen molar-refractivity contribution in [2.24, 2.45) is 0 Å². The largest absolute Gasteiger partial charge is 0.311 e. The zero-order valence-corrected chi connectivity index (χ0v) is 7.21. The number of hydrogen-bond acceptors (Lipinski definition) is 2. The van der Waals surface area contributed by atoms with Crippen molar-refractivity contribution >= 4 is 0 Å². The fourth-order valence-corrected chi connectivity index (χ4v) is 0.974. The predicted octanol–water partition coefficient (Wildman–Crippen LogP) is 1.48. The van der Waals surface area contributed by atoms with Crippen molar-refractivity contribution in [3.63, 3.8) is 0 Å². The van der Waals surface area contributed by atoms with E-state index in [1.54, 1.807) is 6.20 Å². The third kappa shape index (κ3) is 4.52. The van der Waals surface area contributed by atoms with E-state index < -0.39 is 6.43 Å². The van der Waals surface area contributed by atoms with Crippen molar-refractivity contribution in [2.75, 3.05) is 13.1 Å². The highest BCUT2D eigenvalue weighted by molar-refractivity contribution is 5.03. The van der Waals surface area contributed by atoms with Crippen LogP contribution in [0.1, 0.15) is 5.69 Å². The molecule has 0 amide bonds. The van der Waals surface area contributed by atoms with Gasteiger partial charge in [-0.1, -0.05) is 6.07 Å². The van der Waals surface area contributed by atoms with Gasteiger partial charge in [0, 0.05) is 24.9 Å². The van der Waals surface area contributed by atoms with Crippen LogP contribution in [0.2, 0.25) is 0 Å². The normalized spacial score (nSPS) is 10.7. The molecule has 1 rings (SSSR count). The number of aromatic nitrogens is 1. The number of nitrogens with zero attached hydrogens (tertiary/aromatic N) is 1. The van der Waals surface area contributed by atoms with Crippen LogP contribution in [0.5, 0.6) is 0 Å². The first-order chi connectivity index (χ1) is 6.29. The summed E-state index contributed by atoms with van der Waals surface area (Å²) in [6.07, 6.45) is 0.111. The molecule has 0 aliphatic heterocycles. The summed E-state index contributed by atoms with van der Waals surface area (Å²) < 4.78 is 23.4. The van der Waals surface area contributed by atoms with Gasteiger partial charge in [0.1, 0.15) is 0 Å². The third-order valence-electron chi connectivity index (χ3n) is 1.58. The number of rotatable bonds is 5. The molecule has 1 aromatic rings. The molecule has 0 unspecified atom stereocenters. The molecule has 1 aromatic heterocycles. The average Bonchev–Trinajstić information content (AvgIpc) is 2.14. The van der Waals surface area contributed by atoms with Crippen LogP contribution in [-0.4, -0.2) is 24.5 Å². The summed E-state index contributed by atoms with van der Waals surface area (Å²) in [5, 5.41) is 2.64. The van der Waals surface area contributed by atoms with Crippen molar-refractivity contribution in [3.8, 4) is 0 Å². The molecule has 1 heterocycles. The number of pyridine rings is 1. The number of hydrogen-bond donors (Lipinski definition) is 1. The van der Waals surface area contributed by atoms with Crippen molar-refractivity contribution in [1.82, 2.24) is 10.3 Å². The highest BCUT2D eigenvalue weighted by atomic mass is 19.3. The summed E-state index contributed by atoms with van der Waals surface area (Å²) in [6, 6.07) is 5.59. The van der Waals surface area contributed by atoms with E-state index in [9.17, 15) is 8.78 Å². The molecule has 4 heteroatoms. The third-order valence-corrected chi connectivity index (χ3v) is 1.58. The molecule has 0 saturated heterocycles. The van der Waals surface area contributed by atoms with E-state index in [0.29, 0.717) is 13.0 Å². The Hall–Kier alpha value is -1.03. The molecule has 0 bridgehead atoms. The van der Waals surface area contributed by atoms with Crippen LogP contribution < -0.4 is 5.32 Å². The van der Waals surface area contributed by atoms with Crippen molar-refractivity contribution in [2.45, 2.75) is 12.8 Å². The second kappa shape index (κ2) is 5.59. The monoisotopic (exact) mass is 186 g/mol. The summed E-state index contributed by atoms with van der Waals surface area (Å²) in [7, 11) is 0. The van der Waals surface area contributed by atoms with Gasteiger partial charge in [-0.05, 0) is 12.1 Å². The summed E-state index contributed by atoms with van der Waals surface area (Å²) in [6.45, 7) is 0.300. The van der Waals surface area contributed by atoms with E-state index in [1.165, 1.54) is 0 Å². The Morgan fingerprint density at radius 3 is 2.85 bits per heavy atom. The minimum atomic E-state index is -2.27. The number of halogens is 2. The zero-order valence-electron chi connectivity index (χ0n) is 7.21. The van der Waals surface area contributed by atoms with E-state index in [-0.39, 0.29) is 6.54 Å². The maximum Gasteiger partial charge on any atom is 0.250 e. The van der Waals surface area contributed by atoms with Crippen molar-refractivity contribution in [3.05, 3.63) is 30.1 Å². The lowest BCUT2D eigenvalue weighted by Gasteiger charge is -2.02. The van der Waals surface area contributed by atoms with E-state index >= 15 is 0 Å². The molecule has 0 fully saturated rings. The fraction of sp³-hybridized carbons (Fsp3) is 0.444. The summed E-state index contributed by atoms with van der Waals surface area (Å²) in [5.74, 6) is 0. The summed E-state index contributed by atoms with van der Waals surface area (Å²) >= 11 is 0. The zero-order chi connectivity index (χ0) is 9.52. The van der Waals surface area contributed by atoms with Crippen LogP contribution >= 0.6 is 0 Å². The minimum Gasteiger partial charge on any atom is -0.311 e. The number of alkyl halides is 2. The topological polar surface area (TPSA) is 24.9 Å². The lowest BCUT2D eigenvalue weighted by Crippen LogP contribution is -2.23. The minimum absolute atomic E-state index is 0.243. The van der Waals surface area contributed by atoms with Gasteiger partial charge in [0.2, 0.25) is 0 Å². The molecule has 0 aliphatic carbocycles. The maximum atomic E-state index is 11.7. The van der Waals surface area contributed by atoms with Gasteiger partial charge in [-0.25, -0.2) is 8.78 Å². The number of nitrogens with one attached hydrogen (secondary N) is 1. The van der Waals surface area contributed by atoms with Gasteiger partial charge >= 0.3 is 0 Å². The standard InChI is InChI=1S/C9H12F2N2/c10-9(11)7-12-6-4-8-3-1-2-5-13-8/h1-3,5,9,12H,4,6-7H2. The van der Waals surface area contributed by atoms with Gasteiger partial charge in [0.05, 0.1) is 6.54 Å². The Morgan fingerprint density at radius 1 is 1.38 bits per heavy atom. The molecule has 0 spiro atoms. The van der Waals surface area contributed by atoms with Crippen LogP contribution in [0.3, 0.4) is 0 Å². The molecular formula is C9H12F2N2. The van der Waals surface area contributed by atoms with Gasteiger partial charge in [0.15, 0.2) is 0 Å². The van der Waals surface area contributed by atoms with E-state index in [0.717, 1.165) is 5.69 Å². The average molecular weight is 186 g/mol. The smallest absolute Gasteiger partial charge is 0.250 e. The Balaban J connectivity index is 2.13. The first kappa shape index (κ1) is 10.1. The lowest BCUT2D eigenvalue weighted by molar-refractivity contribution is 0.146. The van der Waals surface area contributed by atoms with Gasteiger partial charge in [0.25, 0.3) is 6.43 Å². The van der Waals surface area contributed by atoms with Gasteiger partial charge in [-0.2, -0.15) is 0 Å². The molecule has 0 atom stereocenters. The van der Waals surface area contributed by atoms with Crippen LogP contribution in [-0.2, 0) is 6.42 Å². The van der Waals surface area contributed by atoms with Crippen molar-refractivity contribution in [1.29, 1.82) is 0 Å². The fourth-order valence-electron chi connectivity index (χ4n) is 0.974. The maximum absolute atomic E-state index is 11.7. The van der Waals surface area contributed by atoms with Gasteiger partial charge < -0.3 is 5.32 Å². The Labute approximate surface area is 76.0 Å². The summed E-state index contributed by atoms with van der Waals surface area (Å²) in [5.41, 5.74) is 0.921. The first-order valence-electron chi connectivity index (χ1n) is 4.18. The van der Waals surface area contributed by atoms with Gasteiger partial charge in [-0.3, -0.25) is 4.98 Å². The second-order valence-corrected chi connectivity index (χ2v) is 2.67. The molecule has 1 N–H and O–H groups in total. The van der Waals surface area contributed by atoms with Crippen LogP contribution in [0, 0.1) is 0 Å². The van der Waals surface area contributed by atoms with Crippen LogP contribution in [0.15, 0.2) is 24.4 Å². The molecule has 0 aliphatic rings. The SMILES string of the molecule is FC(F)CNCCc1ccccn1. The first-order valence-corrected chi connectivity index (χ1v) is 4.18.